The van der Waals surface area contributed by atoms with Gasteiger partial charge in [0.15, 0.2) is 0 Å². The van der Waals surface area contributed by atoms with Crippen LogP contribution in [0.1, 0.15) is 76.1 Å². The van der Waals surface area contributed by atoms with Crippen molar-refractivity contribution in [3.63, 3.8) is 0 Å². The molecule has 1 fully saturated rings. The summed E-state index contributed by atoms with van der Waals surface area (Å²) in [6.07, 6.45) is 10.5. The van der Waals surface area contributed by atoms with Gasteiger partial charge in [0.25, 0.3) is 0 Å². The van der Waals surface area contributed by atoms with Crippen molar-refractivity contribution in [2.45, 2.75) is 77.0 Å². The molecular weight excluding hydrogens is 320 g/mol. The van der Waals surface area contributed by atoms with Crippen molar-refractivity contribution in [2.75, 3.05) is 0 Å². The van der Waals surface area contributed by atoms with Crippen LogP contribution in [0, 0.1) is 12.8 Å². The molecule has 1 aromatic rings. The first kappa shape index (κ1) is 18.9. The van der Waals surface area contributed by atoms with Gasteiger partial charge in [-0.25, -0.2) is 4.79 Å². The fourth-order valence-corrected chi connectivity index (χ4v) is 4.73. The SMILES string of the molecule is Cc1cc2c(cc1C1(C=CC=CC(=O)O)CC1C)C(C)(C)CCC2(C)C. The number of carboxylic acids is 1. The molecule has 2 unspecified atom stereocenters. The highest BCUT2D eigenvalue weighted by atomic mass is 16.4. The van der Waals surface area contributed by atoms with E-state index in [-0.39, 0.29) is 16.2 Å². The highest BCUT2D eigenvalue weighted by molar-refractivity contribution is 5.80. The van der Waals surface area contributed by atoms with Crippen LogP contribution >= 0.6 is 0 Å². The zero-order valence-corrected chi connectivity index (χ0v) is 17.0. The molecule has 3 rings (SSSR count). The molecule has 1 saturated carbocycles. The van der Waals surface area contributed by atoms with Crippen LogP contribution in [0.5, 0.6) is 0 Å². The molecule has 2 nitrogen and oxygen atoms in total. The molecule has 2 aliphatic rings. The predicted octanol–water partition coefficient (Wildman–Crippen LogP) is 5.82. The third-order valence-electron chi connectivity index (χ3n) is 6.81. The molecule has 2 atom stereocenters. The summed E-state index contributed by atoms with van der Waals surface area (Å²) < 4.78 is 0. The third-order valence-corrected chi connectivity index (χ3v) is 6.81. The van der Waals surface area contributed by atoms with E-state index in [1.807, 2.05) is 6.08 Å². The summed E-state index contributed by atoms with van der Waals surface area (Å²) in [5, 5.41) is 8.79. The molecular formula is C24H32O2. The van der Waals surface area contributed by atoms with E-state index in [0.29, 0.717) is 5.92 Å². The summed E-state index contributed by atoms with van der Waals surface area (Å²) in [6, 6.07) is 4.90. The van der Waals surface area contributed by atoms with E-state index in [1.54, 1.807) is 6.08 Å². The van der Waals surface area contributed by atoms with E-state index < -0.39 is 5.97 Å². The van der Waals surface area contributed by atoms with Gasteiger partial charge in [-0.05, 0) is 65.2 Å². The summed E-state index contributed by atoms with van der Waals surface area (Å²) in [6.45, 7) is 14.0. The number of carbonyl (C=O) groups is 1. The van der Waals surface area contributed by atoms with Crippen molar-refractivity contribution in [3.05, 3.63) is 58.7 Å². The van der Waals surface area contributed by atoms with E-state index in [4.69, 9.17) is 5.11 Å². The van der Waals surface area contributed by atoms with E-state index in [2.05, 4.69) is 59.8 Å². The standard InChI is InChI=1S/C24H32O2/c1-16-13-19-20(23(5,6)12-11-22(19,3)4)14-18(16)24(15-17(24)2)10-8-7-9-21(25)26/h7-10,13-14,17H,11-12,15H2,1-6H3,(H,25,26). The Kier molecular flexibility index (Phi) is 4.45. The Labute approximate surface area is 158 Å². The normalized spacial score (nSPS) is 29.1. The van der Waals surface area contributed by atoms with Crippen LogP contribution < -0.4 is 0 Å². The summed E-state index contributed by atoms with van der Waals surface area (Å²) in [5.74, 6) is -0.310. The van der Waals surface area contributed by atoms with Gasteiger partial charge in [0.2, 0.25) is 0 Å². The monoisotopic (exact) mass is 352 g/mol. The van der Waals surface area contributed by atoms with Gasteiger partial charge < -0.3 is 5.11 Å². The minimum atomic E-state index is -0.901. The first-order valence-corrected chi connectivity index (χ1v) is 9.74. The number of rotatable bonds is 4. The zero-order valence-electron chi connectivity index (χ0n) is 17.0. The average molecular weight is 353 g/mol. The molecule has 1 N–H and O–H groups in total. The Morgan fingerprint density at radius 2 is 1.58 bits per heavy atom. The average Bonchev–Trinajstić information content (AvgIpc) is 3.19. The number of carboxylic acid groups (broad SMARTS) is 1. The highest BCUT2D eigenvalue weighted by Gasteiger charge is 2.51. The third kappa shape index (κ3) is 3.15. The van der Waals surface area contributed by atoms with Crippen LogP contribution in [0.15, 0.2) is 36.4 Å². The van der Waals surface area contributed by atoms with Gasteiger partial charge in [-0.1, -0.05) is 65.0 Å². The van der Waals surface area contributed by atoms with Crippen molar-refractivity contribution in [1.29, 1.82) is 0 Å². The van der Waals surface area contributed by atoms with Gasteiger partial charge in [0.1, 0.15) is 0 Å². The maximum atomic E-state index is 10.7. The summed E-state index contributed by atoms with van der Waals surface area (Å²) in [5.41, 5.74) is 6.30. The molecule has 0 spiro atoms. The fourth-order valence-electron chi connectivity index (χ4n) is 4.73. The molecule has 0 radical (unpaired) electrons. The van der Waals surface area contributed by atoms with Crippen LogP contribution in [0.3, 0.4) is 0 Å². The predicted molar refractivity (Wildman–Crippen MR) is 108 cm³/mol. The number of fused-ring (bicyclic) bond motifs is 1. The molecule has 26 heavy (non-hydrogen) atoms. The van der Waals surface area contributed by atoms with Gasteiger partial charge in [-0.2, -0.15) is 0 Å². The lowest BCUT2D eigenvalue weighted by molar-refractivity contribution is -0.131. The van der Waals surface area contributed by atoms with E-state index in [0.717, 1.165) is 6.42 Å². The van der Waals surface area contributed by atoms with Gasteiger partial charge in [-0.3, -0.25) is 0 Å². The molecule has 0 amide bonds. The number of benzene rings is 1. The smallest absolute Gasteiger partial charge is 0.328 e. The molecule has 0 heterocycles. The largest absolute Gasteiger partial charge is 0.478 e. The lowest BCUT2D eigenvalue weighted by Gasteiger charge is -2.43. The van der Waals surface area contributed by atoms with Gasteiger partial charge in [0, 0.05) is 11.5 Å². The first-order valence-electron chi connectivity index (χ1n) is 9.74. The molecule has 2 heteroatoms. The molecule has 2 aliphatic carbocycles. The van der Waals surface area contributed by atoms with E-state index in [9.17, 15) is 4.79 Å². The number of allylic oxidation sites excluding steroid dienone is 3. The Bertz CT molecular complexity index is 795. The number of aryl methyl sites for hydroxylation is 1. The second-order valence-electron chi connectivity index (χ2n) is 9.68. The molecule has 0 bridgehead atoms. The van der Waals surface area contributed by atoms with Crippen LogP contribution in [-0.4, -0.2) is 11.1 Å². The Morgan fingerprint density at radius 1 is 1.04 bits per heavy atom. The summed E-state index contributed by atoms with van der Waals surface area (Å²) >= 11 is 0. The number of hydrogen-bond acceptors (Lipinski definition) is 1. The zero-order chi connectivity index (χ0) is 19.3. The highest BCUT2D eigenvalue weighted by Crippen LogP contribution is 2.58. The van der Waals surface area contributed by atoms with Gasteiger partial charge in [0.05, 0.1) is 0 Å². The summed E-state index contributed by atoms with van der Waals surface area (Å²) in [4.78, 5) is 10.7. The maximum absolute atomic E-state index is 10.7. The maximum Gasteiger partial charge on any atom is 0.328 e. The van der Waals surface area contributed by atoms with Crippen molar-refractivity contribution in [2.24, 2.45) is 5.92 Å². The molecule has 0 aromatic heterocycles. The van der Waals surface area contributed by atoms with Crippen LogP contribution in [0.4, 0.5) is 0 Å². The van der Waals surface area contributed by atoms with E-state index >= 15 is 0 Å². The van der Waals surface area contributed by atoms with Crippen molar-refractivity contribution < 1.29 is 9.90 Å². The lowest BCUT2D eigenvalue weighted by atomic mass is 9.62. The first-order chi connectivity index (χ1) is 12.0. The quantitative estimate of drug-likeness (QED) is 0.548. The molecule has 0 aliphatic heterocycles. The van der Waals surface area contributed by atoms with Crippen LogP contribution in [-0.2, 0) is 21.0 Å². The lowest BCUT2D eigenvalue weighted by Crippen LogP contribution is -2.34. The van der Waals surface area contributed by atoms with E-state index in [1.165, 1.54) is 41.2 Å². The molecule has 0 saturated heterocycles. The Balaban J connectivity index is 2.07. The van der Waals surface area contributed by atoms with Crippen LogP contribution in [0.25, 0.3) is 0 Å². The van der Waals surface area contributed by atoms with Gasteiger partial charge in [-0.15, -0.1) is 0 Å². The number of hydrogen-bond donors (Lipinski definition) is 1. The molecule has 140 valence electrons. The van der Waals surface area contributed by atoms with Gasteiger partial charge >= 0.3 is 5.97 Å². The van der Waals surface area contributed by atoms with Crippen LogP contribution in [0.2, 0.25) is 0 Å². The van der Waals surface area contributed by atoms with Crippen molar-refractivity contribution in [1.82, 2.24) is 0 Å². The van der Waals surface area contributed by atoms with Crippen molar-refractivity contribution >= 4 is 5.97 Å². The minimum Gasteiger partial charge on any atom is -0.478 e. The second-order valence-corrected chi connectivity index (χ2v) is 9.68. The fraction of sp³-hybridized carbons (Fsp3) is 0.542. The minimum absolute atomic E-state index is 0.0552. The second kappa shape index (κ2) is 6.11. The number of aliphatic carboxylic acids is 1. The van der Waals surface area contributed by atoms with Crippen molar-refractivity contribution in [3.8, 4) is 0 Å². The Hall–Kier alpha value is -1.83. The topological polar surface area (TPSA) is 37.3 Å². The summed E-state index contributed by atoms with van der Waals surface area (Å²) in [7, 11) is 0. The molecule has 1 aromatic carbocycles. The Morgan fingerprint density at radius 3 is 2.08 bits per heavy atom.